The van der Waals surface area contributed by atoms with Crippen LogP contribution in [-0.4, -0.2) is 29.8 Å². The molecule has 1 aromatic rings. The maximum Gasteiger partial charge on any atom is 0.186 e. The van der Waals surface area contributed by atoms with Crippen molar-refractivity contribution in [3.63, 3.8) is 0 Å². The molecule has 2 aliphatic rings. The molecular weight excluding hydrogens is 322 g/mol. The van der Waals surface area contributed by atoms with Crippen molar-refractivity contribution in [2.24, 2.45) is 5.92 Å². The van der Waals surface area contributed by atoms with Gasteiger partial charge in [0.05, 0.1) is 15.2 Å². The Morgan fingerprint density at radius 1 is 1.26 bits per heavy atom. The number of piperidine rings is 1. The molecule has 2 heterocycles. The van der Waals surface area contributed by atoms with Crippen molar-refractivity contribution in [1.29, 1.82) is 0 Å². The molecule has 0 amide bonds. The minimum absolute atomic E-state index is 0.293. The minimum Gasteiger partial charge on any atom is -0.293 e. The van der Waals surface area contributed by atoms with E-state index in [0.29, 0.717) is 18.4 Å². The molecule has 0 spiro atoms. The van der Waals surface area contributed by atoms with Crippen LogP contribution in [0.3, 0.4) is 0 Å². The molecule has 0 radical (unpaired) electrons. The number of hydrogen-bond acceptors (Lipinski definition) is 3. The Bertz CT molecular complexity index is 457. The summed E-state index contributed by atoms with van der Waals surface area (Å²) in [7, 11) is 0. The van der Waals surface area contributed by atoms with Gasteiger partial charge in [0.25, 0.3) is 0 Å². The van der Waals surface area contributed by atoms with E-state index in [4.69, 9.17) is 0 Å². The predicted octanol–water partition coefficient (Wildman–Crippen LogP) is 4.35. The highest BCUT2D eigenvalue weighted by molar-refractivity contribution is 9.11. The minimum atomic E-state index is 0.293. The summed E-state index contributed by atoms with van der Waals surface area (Å²) in [5.41, 5.74) is 0. The van der Waals surface area contributed by atoms with Gasteiger partial charge in [0, 0.05) is 6.04 Å². The van der Waals surface area contributed by atoms with Gasteiger partial charge in [0.15, 0.2) is 5.78 Å². The van der Waals surface area contributed by atoms with Gasteiger partial charge in [-0.3, -0.25) is 9.69 Å². The van der Waals surface area contributed by atoms with Crippen LogP contribution >= 0.6 is 27.3 Å². The number of rotatable bonds is 3. The number of likely N-dealkylation sites (tertiary alicyclic amines) is 1. The summed E-state index contributed by atoms with van der Waals surface area (Å²) in [5.74, 6) is 1.15. The first-order chi connectivity index (χ1) is 9.24. The second kappa shape index (κ2) is 6.06. The van der Waals surface area contributed by atoms with Crippen LogP contribution in [0, 0.1) is 5.92 Å². The highest BCUT2D eigenvalue weighted by atomic mass is 79.9. The first kappa shape index (κ1) is 13.8. The molecule has 19 heavy (non-hydrogen) atoms. The van der Waals surface area contributed by atoms with Crippen LogP contribution in [0.4, 0.5) is 0 Å². The fourth-order valence-corrected chi connectivity index (χ4v) is 4.97. The maximum atomic E-state index is 12.3. The van der Waals surface area contributed by atoms with E-state index >= 15 is 0 Å². The third kappa shape index (κ3) is 3.11. The number of nitrogens with zero attached hydrogens (tertiary/aromatic N) is 1. The smallest absolute Gasteiger partial charge is 0.186 e. The normalized spacial score (nSPS) is 28.1. The molecule has 1 aliphatic heterocycles. The third-order valence-corrected chi connectivity index (χ3v) is 6.22. The van der Waals surface area contributed by atoms with Gasteiger partial charge < -0.3 is 0 Å². The van der Waals surface area contributed by atoms with E-state index in [1.807, 2.05) is 12.1 Å². The highest BCUT2D eigenvalue weighted by Gasteiger charge is 2.34. The number of thiophene rings is 1. The van der Waals surface area contributed by atoms with Gasteiger partial charge in [-0.1, -0.05) is 12.8 Å². The summed E-state index contributed by atoms with van der Waals surface area (Å²) in [6.45, 7) is 1.73. The molecule has 0 aromatic carbocycles. The fourth-order valence-electron chi connectivity index (χ4n) is 3.65. The zero-order valence-corrected chi connectivity index (χ0v) is 13.5. The Morgan fingerprint density at radius 2 is 2.05 bits per heavy atom. The third-order valence-electron chi connectivity index (χ3n) is 4.55. The van der Waals surface area contributed by atoms with Crippen molar-refractivity contribution in [2.75, 3.05) is 13.1 Å². The van der Waals surface area contributed by atoms with Crippen LogP contribution in [0.5, 0.6) is 0 Å². The molecule has 1 saturated carbocycles. The zero-order valence-electron chi connectivity index (χ0n) is 11.1. The van der Waals surface area contributed by atoms with E-state index in [-0.39, 0.29) is 0 Å². The van der Waals surface area contributed by atoms with Crippen LogP contribution in [0.15, 0.2) is 15.9 Å². The molecule has 104 valence electrons. The van der Waals surface area contributed by atoms with Crippen molar-refractivity contribution in [3.05, 3.63) is 20.8 Å². The summed E-state index contributed by atoms with van der Waals surface area (Å²) in [6.07, 6.45) is 8.05. The van der Waals surface area contributed by atoms with Crippen LogP contribution in [0.25, 0.3) is 0 Å². The standard InChI is InChI=1S/C15H20BrNOS/c16-15-8-7-14(19-15)13(18)10-17-9-3-5-11-4-1-2-6-12(11)17/h7-8,11-12H,1-6,9-10H2/t11-,12-/m1/s1. The lowest BCUT2D eigenvalue weighted by atomic mass is 9.78. The average Bonchev–Trinajstić information content (AvgIpc) is 2.86. The van der Waals surface area contributed by atoms with Gasteiger partial charge in [0.2, 0.25) is 0 Å². The summed E-state index contributed by atoms with van der Waals surface area (Å²) in [5, 5.41) is 0. The largest absolute Gasteiger partial charge is 0.293 e. The molecule has 2 nitrogen and oxygen atoms in total. The number of Topliss-reactive ketones (excluding diaryl/α,β-unsaturated/α-hetero) is 1. The molecule has 2 fully saturated rings. The Labute approximate surface area is 127 Å². The van der Waals surface area contributed by atoms with Crippen LogP contribution < -0.4 is 0 Å². The lowest BCUT2D eigenvalue weighted by Crippen LogP contribution is -2.48. The summed E-state index contributed by atoms with van der Waals surface area (Å²) >= 11 is 4.99. The van der Waals surface area contributed by atoms with Crippen molar-refractivity contribution >= 4 is 33.0 Å². The summed E-state index contributed by atoms with van der Waals surface area (Å²) in [6, 6.07) is 4.59. The van der Waals surface area contributed by atoms with Crippen molar-refractivity contribution < 1.29 is 4.79 Å². The topological polar surface area (TPSA) is 20.3 Å². The molecule has 2 atom stereocenters. The molecule has 0 unspecified atom stereocenters. The summed E-state index contributed by atoms with van der Waals surface area (Å²) in [4.78, 5) is 15.7. The molecule has 1 aliphatic carbocycles. The van der Waals surface area contributed by atoms with E-state index in [1.54, 1.807) is 11.3 Å². The molecule has 3 rings (SSSR count). The molecule has 1 saturated heterocycles. The quantitative estimate of drug-likeness (QED) is 0.761. The second-order valence-electron chi connectivity index (χ2n) is 5.75. The number of halogens is 1. The Kier molecular flexibility index (Phi) is 4.40. The molecule has 0 N–H and O–H groups in total. The van der Waals surface area contributed by atoms with E-state index in [2.05, 4.69) is 20.8 Å². The summed E-state index contributed by atoms with van der Waals surface area (Å²) < 4.78 is 1.05. The Morgan fingerprint density at radius 3 is 2.84 bits per heavy atom. The monoisotopic (exact) mass is 341 g/mol. The Balaban J connectivity index is 1.66. The van der Waals surface area contributed by atoms with E-state index < -0.39 is 0 Å². The number of fused-ring (bicyclic) bond motifs is 1. The van der Waals surface area contributed by atoms with Gasteiger partial charge in [0.1, 0.15) is 0 Å². The average molecular weight is 342 g/mol. The van der Waals surface area contributed by atoms with E-state index in [0.717, 1.165) is 21.1 Å². The molecule has 1 aromatic heterocycles. The first-order valence-electron chi connectivity index (χ1n) is 7.26. The fraction of sp³-hybridized carbons (Fsp3) is 0.667. The maximum absolute atomic E-state index is 12.3. The van der Waals surface area contributed by atoms with Gasteiger partial charge in [-0.15, -0.1) is 11.3 Å². The first-order valence-corrected chi connectivity index (χ1v) is 8.87. The highest BCUT2D eigenvalue weighted by Crippen LogP contribution is 2.35. The number of carbonyl (C=O) groups is 1. The van der Waals surface area contributed by atoms with E-state index in [1.165, 1.54) is 38.5 Å². The van der Waals surface area contributed by atoms with Crippen molar-refractivity contribution in [3.8, 4) is 0 Å². The Hall–Kier alpha value is -0.190. The molecular formula is C15H20BrNOS. The lowest BCUT2D eigenvalue weighted by molar-refractivity contribution is 0.0541. The van der Waals surface area contributed by atoms with Crippen LogP contribution in [0.1, 0.15) is 48.2 Å². The van der Waals surface area contributed by atoms with Gasteiger partial charge in [-0.05, 0) is 66.2 Å². The van der Waals surface area contributed by atoms with Gasteiger partial charge >= 0.3 is 0 Å². The van der Waals surface area contributed by atoms with Gasteiger partial charge in [-0.25, -0.2) is 0 Å². The lowest BCUT2D eigenvalue weighted by Gasteiger charge is -2.43. The number of carbonyl (C=O) groups excluding carboxylic acids is 1. The van der Waals surface area contributed by atoms with Crippen LogP contribution in [-0.2, 0) is 0 Å². The van der Waals surface area contributed by atoms with E-state index in [9.17, 15) is 4.79 Å². The van der Waals surface area contributed by atoms with Gasteiger partial charge in [-0.2, -0.15) is 0 Å². The van der Waals surface area contributed by atoms with Crippen molar-refractivity contribution in [1.82, 2.24) is 4.90 Å². The van der Waals surface area contributed by atoms with Crippen molar-refractivity contribution in [2.45, 2.75) is 44.6 Å². The number of hydrogen-bond donors (Lipinski definition) is 0. The predicted molar refractivity (Wildman–Crippen MR) is 82.9 cm³/mol. The zero-order chi connectivity index (χ0) is 13.2. The second-order valence-corrected chi connectivity index (χ2v) is 8.21. The number of ketones is 1. The SMILES string of the molecule is O=C(CN1CCC[C@H]2CCCC[C@H]21)c1ccc(Br)s1. The van der Waals surface area contributed by atoms with Crippen LogP contribution in [0.2, 0.25) is 0 Å². The molecule has 4 heteroatoms. The molecule has 0 bridgehead atoms.